The molecule has 0 fully saturated rings. The van der Waals surface area contributed by atoms with Crippen molar-refractivity contribution in [3.8, 4) is 5.75 Å². The molecule has 6 nitrogen and oxygen atoms in total. The van der Waals surface area contributed by atoms with Gasteiger partial charge in [-0.25, -0.2) is 0 Å². The van der Waals surface area contributed by atoms with Crippen molar-refractivity contribution in [2.45, 2.75) is 13.0 Å². The van der Waals surface area contributed by atoms with Gasteiger partial charge in [-0.1, -0.05) is 11.6 Å². The van der Waals surface area contributed by atoms with E-state index in [-0.39, 0.29) is 11.6 Å². The quantitative estimate of drug-likeness (QED) is 0.940. The van der Waals surface area contributed by atoms with E-state index >= 15 is 0 Å². The molecular formula is C15H14ClN3O3. The molecule has 1 aliphatic heterocycles. The Bertz CT molecular complexity index is 721. The molecule has 0 radical (unpaired) electrons. The van der Waals surface area contributed by atoms with Crippen molar-refractivity contribution in [2.75, 3.05) is 19.0 Å². The van der Waals surface area contributed by atoms with Gasteiger partial charge < -0.3 is 14.8 Å². The number of methoxy groups -OCH3 is 1. The lowest BCUT2D eigenvalue weighted by atomic mass is 10.1. The second kappa shape index (κ2) is 6.29. The third-order valence-electron chi connectivity index (χ3n) is 3.34. The molecular weight excluding hydrogens is 306 g/mol. The standard InChI is InChI=1S/C15H14ClN3O3/c1-21-14-3-2-10(7-11(14)16)17-15(20)13-6-9-8-22-5-4-12(9)18-19-13/h2-3,6-7H,4-5,8H2,1H3,(H,17,20). The minimum absolute atomic E-state index is 0.246. The molecule has 0 atom stereocenters. The zero-order chi connectivity index (χ0) is 15.5. The first-order valence-corrected chi connectivity index (χ1v) is 7.13. The maximum atomic E-state index is 12.2. The van der Waals surface area contributed by atoms with Crippen LogP contribution < -0.4 is 10.1 Å². The number of ether oxygens (including phenoxy) is 2. The van der Waals surface area contributed by atoms with Gasteiger partial charge in [0.05, 0.1) is 31.0 Å². The lowest BCUT2D eigenvalue weighted by molar-refractivity contribution is 0.101. The summed E-state index contributed by atoms with van der Waals surface area (Å²) in [5.74, 6) is 0.201. The van der Waals surface area contributed by atoms with E-state index in [4.69, 9.17) is 21.1 Å². The average molecular weight is 320 g/mol. The van der Waals surface area contributed by atoms with Gasteiger partial charge in [0.25, 0.3) is 5.91 Å². The second-order valence-electron chi connectivity index (χ2n) is 4.81. The van der Waals surface area contributed by atoms with Crippen LogP contribution in [-0.4, -0.2) is 29.8 Å². The number of rotatable bonds is 3. The van der Waals surface area contributed by atoms with Gasteiger partial charge in [-0.2, -0.15) is 5.10 Å². The third kappa shape index (κ3) is 3.03. The first-order chi connectivity index (χ1) is 10.7. The van der Waals surface area contributed by atoms with Gasteiger partial charge in [0.15, 0.2) is 5.69 Å². The number of halogens is 1. The topological polar surface area (TPSA) is 73.3 Å². The van der Waals surface area contributed by atoms with Crippen LogP contribution in [0.5, 0.6) is 5.75 Å². The normalized spacial score (nSPS) is 13.4. The summed E-state index contributed by atoms with van der Waals surface area (Å²) in [5, 5.41) is 11.2. The molecule has 1 aliphatic rings. The Balaban J connectivity index is 1.78. The van der Waals surface area contributed by atoms with Crippen LogP contribution in [0.25, 0.3) is 0 Å². The summed E-state index contributed by atoms with van der Waals surface area (Å²) in [7, 11) is 1.53. The Kier molecular flexibility index (Phi) is 4.22. The number of carbonyl (C=O) groups excluding carboxylic acids is 1. The minimum atomic E-state index is -0.345. The molecule has 0 bridgehead atoms. The molecule has 114 valence electrons. The molecule has 1 amide bonds. The fraction of sp³-hybridized carbons (Fsp3) is 0.267. The molecule has 2 aromatic rings. The van der Waals surface area contributed by atoms with E-state index in [2.05, 4.69) is 15.5 Å². The molecule has 1 aromatic heterocycles. The van der Waals surface area contributed by atoms with Crippen molar-refractivity contribution in [2.24, 2.45) is 0 Å². The molecule has 0 saturated heterocycles. The number of anilines is 1. The summed E-state index contributed by atoms with van der Waals surface area (Å²) >= 11 is 6.03. The Morgan fingerprint density at radius 2 is 2.23 bits per heavy atom. The minimum Gasteiger partial charge on any atom is -0.495 e. The van der Waals surface area contributed by atoms with Crippen LogP contribution >= 0.6 is 11.6 Å². The number of aromatic nitrogens is 2. The van der Waals surface area contributed by atoms with Crippen molar-refractivity contribution < 1.29 is 14.3 Å². The number of fused-ring (bicyclic) bond motifs is 1. The Hall–Kier alpha value is -2.18. The number of benzene rings is 1. The van der Waals surface area contributed by atoms with Crippen LogP contribution in [0.2, 0.25) is 5.02 Å². The van der Waals surface area contributed by atoms with Crippen LogP contribution in [-0.2, 0) is 17.8 Å². The summed E-state index contributed by atoms with van der Waals surface area (Å²) in [5.41, 5.74) is 2.59. The third-order valence-corrected chi connectivity index (χ3v) is 3.64. The molecule has 0 aliphatic carbocycles. The number of carbonyl (C=O) groups is 1. The Morgan fingerprint density at radius 3 is 3.00 bits per heavy atom. The van der Waals surface area contributed by atoms with E-state index < -0.39 is 0 Å². The molecule has 0 unspecified atom stereocenters. The SMILES string of the molecule is COc1ccc(NC(=O)c2cc3c(nn2)CCOC3)cc1Cl. The molecule has 22 heavy (non-hydrogen) atoms. The van der Waals surface area contributed by atoms with E-state index in [0.29, 0.717) is 29.7 Å². The molecule has 1 aromatic carbocycles. The number of hydrogen-bond acceptors (Lipinski definition) is 5. The number of hydrogen-bond donors (Lipinski definition) is 1. The summed E-state index contributed by atoms with van der Waals surface area (Å²) in [4.78, 5) is 12.2. The van der Waals surface area contributed by atoms with Crippen LogP contribution in [0.1, 0.15) is 21.7 Å². The Morgan fingerprint density at radius 1 is 1.36 bits per heavy atom. The van der Waals surface area contributed by atoms with Crippen LogP contribution in [0.3, 0.4) is 0 Å². The first-order valence-electron chi connectivity index (χ1n) is 6.75. The number of nitrogens with one attached hydrogen (secondary N) is 1. The van der Waals surface area contributed by atoms with Crippen LogP contribution in [0, 0.1) is 0 Å². The van der Waals surface area contributed by atoms with Gasteiger partial charge >= 0.3 is 0 Å². The van der Waals surface area contributed by atoms with Gasteiger partial charge in [0.2, 0.25) is 0 Å². The summed E-state index contributed by atoms with van der Waals surface area (Å²) in [6.07, 6.45) is 0.721. The van der Waals surface area contributed by atoms with Crippen molar-refractivity contribution in [1.82, 2.24) is 10.2 Å². The Labute approximate surface area is 132 Å². The van der Waals surface area contributed by atoms with Crippen molar-refractivity contribution in [3.05, 3.63) is 46.2 Å². The molecule has 2 heterocycles. The van der Waals surface area contributed by atoms with Crippen molar-refractivity contribution in [1.29, 1.82) is 0 Å². The molecule has 0 saturated carbocycles. The van der Waals surface area contributed by atoms with Gasteiger partial charge in [0, 0.05) is 17.7 Å². The fourth-order valence-electron chi connectivity index (χ4n) is 2.19. The van der Waals surface area contributed by atoms with E-state index in [9.17, 15) is 4.79 Å². The predicted octanol–water partition coefficient (Wildman–Crippen LogP) is 2.46. The summed E-state index contributed by atoms with van der Waals surface area (Å²) < 4.78 is 10.4. The van der Waals surface area contributed by atoms with E-state index in [1.807, 2.05) is 0 Å². The fourth-order valence-corrected chi connectivity index (χ4v) is 2.45. The van der Waals surface area contributed by atoms with Gasteiger partial charge in [0.1, 0.15) is 5.75 Å². The first kappa shape index (κ1) is 14.7. The number of nitrogens with zero attached hydrogens (tertiary/aromatic N) is 2. The molecule has 7 heteroatoms. The van der Waals surface area contributed by atoms with Crippen molar-refractivity contribution >= 4 is 23.2 Å². The monoisotopic (exact) mass is 319 g/mol. The molecule has 3 rings (SSSR count). The summed E-state index contributed by atoms with van der Waals surface area (Å²) in [6.45, 7) is 1.09. The maximum Gasteiger partial charge on any atom is 0.276 e. The zero-order valence-electron chi connectivity index (χ0n) is 11.9. The van der Waals surface area contributed by atoms with Crippen molar-refractivity contribution in [3.63, 3.8) is 0 Å². The zero-order valence-corrected chi connectivity index (χ0v) is 12.7. The summed E-state index contributed by atoms with van der Waals surface area (Å²) in [6, 6.07) is 6.72. The van der Waals surface area contributed by atoms with Gasteiger partial charge in [-0.3, -0.25) is 4.79 Å². The van der Waals surface area contributed by atoms with Crippen LogP contribution in [0.4, 0.5) is 5.69 Å². The lowest BCUT2D eigenvalue weighted by Crippen LogP contribution is -2.19. The average Bonchev–Trinajstić information content (AvgIpc) is 2.54. The van der Waals surface area contributed by atoms with E-state index in [1.54, 1.807) is 24.3 Å². The lowest BCUT2D eigenvalue weighted by Gasteiger charge is -2.15. The highest BCUT2D eigenvalue weighted by Crippen LogP contribution is 2.27. The van der Waals surface area contributed by atoms with E-state index in [0.717, 1.165) is 17.7 Å². The maximum absolute atomic E-state index is 12.2. The highest BCUT2D eigenvalue weighted by Gasteiger charge is 2.16. The molecule has 0 spiro atoms. The van der Waals surface area contributed by atoms with E-state index in [1.165, 1.54) is 7.11 Å². The highest BCUT2D eigenvalue weighted by atomic mass is 35.5. The van der Waals surface area contributed by atoms with Gasteiger partial charge in [-0.05, 0) is 24.3 Å². The highest BCUT2D eigenvalue weighted by molar-refractivity contribution is 6.32. The second-order valence-corrected chi connectivity index (χ2v) is 5.21. The predicted molar refractivity (Wildman–Crippen MR) is 81.3 cm³/mol. The van der Waals surface area contributed by atoms with Crippen LogP contribution in [0.15, 0.2) is 24.3 Å². The molecule has 1 N–H and O–H groups in total. The smallest absolute Gasteiger partial charge is 0.276 e. The van der Waals surface area contributed by atoms with Gasteiger partial charge in [-0.15, -0.1) is 5.10 Å². The largest absolute Gasteiger partial charge is 0.495 e. The number of amides is 1.